The number of benzene rings is 2. The van der Waals surface area contributed by atoms with Crippen LogP contribution >= 0.6 is 0 Å². The number of hydrogen-bond donors (Lipinski definition) is 0. The van der Waals surface area contributed by atoms with Gasteiger partial charge in [0.25, 0.3) is 0 Å². The van der Waals surface area contributed by atoms with Gasteiger partial charge in [-0.25, -0.2) is 14.8 Å². The number of ether oxygens (including phenoxy) is 2. The van der Waals surface area contributed by atoms with Crippen LogP contribution in [0.1, 0.15) is 13.8 Å². The van der Waals surface area contributed by atoms with Crippen LogP contribution in [0.15, 0.2) is 55.0 Å². The van der Waals surface area contributed by atoms with Crippen molar-refractivity contribution in [1.82, 2.24) is 29.5 Å². The molecule has 3 heterocycles. The van der Waals surface area contributed by atoms with Gasteiger partial charge in [0.2, 0.25) is 0 Å². The Kier molecular flexibility index (Phi) is 6.32. The highest BCUT2D eigenvalue weighted by atomic mass is 16.6. The van der Waals surface area contributed by atoms with E-state index in [1.807, 2.05) is 50.5 Å². The van der Waals surface area contributed by atoms with Gasteiger partial charge in [0.1, 0.15) is 12.0 Å². The number of amides is 1. The summed E-state index contributed by atoms with van der Waals surface area (Å²) in [5.41, 5.74) is 4.04. The molecule has 186 valence electrons. The van der Waals surface area contributed by atoms with E-state index in [4.69, 9.17) is 9.47 Å². The topological polar surface area (TPSA) is 85.6 Å². The number of hydrogen-bond acceptors (Lipinski definition) is 7. The minimum atomic E-state index is -0.398. The fourth-order valence-corrected chi connectivity index (χ4v) is 4.70. The van der Waals surface area contributed by atoms with E-state index in [0.29, 0.717) is 29.3 Å². The molecule has 5 rings (SSSR count). The van der Waals surface area contributed by atoms with Crippen LogP contribution in [-0.4, -0.2) is 75.0 Å². The summed E-state index contributed by atoms with van der Waals surface area (Å²) in [6, 6.07) is 13.8. The van der Waals surface area contributed by atoms with Crippen LogP contribution in [0, 0.1) is 0 Å². The van der Waals surface area contributed by atoms with E-state index in [1.54, 1.807) is 28.8 Å². The molecule has 1 saturated heterocycles. The molecule has 1 amide bonds. The molecule has 0 saturated carbocycles. The first-order chi connectivity index (χ1) is 17.4. The van der Waals surface area contributed by atoms with Crippen molar-refractivity contribution in [2.24, 2.45) is 7.05 Å². The van der Waals surface area contributed by atoms with Gasteiger partial charge >= 0.3 is 6.09 Å². The summed E-state index contributed by atoms with van der Waals surface area (Å²) in [6.45, 7) is 5.51. The smallest absolute Gasteiger partial charge is 0.415 e. The SMILES string of the molecule is COc1cc2ncnc(-c3cn(C)nc3-c3ccccc3)c2cc1OC(=O)N1C[C@H](C)N(C)C[C@@H]1C. The summed E-state index contributed by atoms with van der Waals surface area (Å²) in [4.78, 5) is 26.3. The van der Waals surface area contributed by atoms with E-state index in [1.165, 1.54) is 6.33 Å². The van der Waals surface area contributed by atoms with E-state index in [0.717, 1.165) is 28.8 Å². The number of nitrogens with zero attached hydrogens (tertiary/aromatic N) is 6. The molecular weight excluding hydrogens is 456 g/mol. The van der Waals surface area contributed by atoms with E-state index < -0.39 is 6.09 Å². The summed E-state index contributed by atoms with van der Waals surface area (Å²) in [7, 11) is 5.50. The normalized spacial score (nSPS) is 18.4. The molecule has 9 nitrogen and oxygen atoms in total. The van der Waals surface area contributed by atoms with Gasteiger partial charge in [-0.3, -0.25) is 9.58 Å². The van der Waals surface area contributed by atoms with Crippen LogP contribution in [0.25, 0.3) is 33.4 Å². The van der Waals surface area contributed by atoms with Crippen molar-refractivity contribution >= 4 is 17.0 Å². The Morgan fingerprint density at radius 3 is 2.50 bits per heavy atom. The zero-order valence-corrected chi connectivity index (χ0v) is 21.2. The second-order valence-electron chi connectivity index (χ2n) is 9.33. The standard InChI is InChI=1S/C27H30N6O3/c1-17-14-33(18(2)13-31(17)3)27(34)36-24-11-20-22(12-23(24)35-5)28-16-29-26(20)21-15-32(4)30-25(21)19-9-7-6-8-10-19/h6-12,15-18H,13-14H2,1-5H3/t17-,18-/m0/s1. The highest BCUT2D eigenvalue weighted by Crippen LogP contribution is 2.38. The van der Waals surface area contributed by atoms with Gasteiger partial charge in [-0.2, -0.15) is 5.10 Å². The third-order valence-corrected chi connectivity index (χ3v) is 6.78. The number of rotatable bonds is 4. The van der Waals surface area contributed by atoms with Crippen LogP contribution in [-0.2, 0) is 7.05 Å². The van der Waals surface area contributed by atoms with Gasteiger partial charge in [-0.1, -0.05) is 30.3 Å². The molecular formula is C27H30N6O3. The highest BCUT2D eigenvalue weighted by Gasteiger charge is 2.32. The maximum atomic E-state index is 13.2. The van der Waals surface area contributed by atoms with Crippen molar-refractivity contribution in [3.8, 4) is 34.0 Å². The number of carbonyl (C=O) groups excluding carboxylic acids is 1. The van der Waals surface area contributed by atoms with Crippen molar-refractivity contribution in [2.45, 2.75) is 25.9 Å². The predicted octanol–water partition coefficient (Wildman–Crippen LogP) is 4.23. The van der Waals surface area contributed by atoms with Gasteiger partial charge in [-0.15, -0.1) is 0 Å². The second-order valence-corrected chi connectivity index (χ2v) is 9.33. The lowest BCUT2D eigenvalue weighted by Gasteiger charge is -2.41. The number of aryl methyl sites for hydroxylation is 1. The van der Waals surface area contributed by atoms with E-state index in [-0.39, 0.29) is 12.1 Å². The molecule has 9 heteroatoms. The van der Waals surface area contributed by atoms with Crippen LogP contribution < -0.4 is 9.47 Å². The molecule has 2 aromatic heterocycles. The predicted molar refractivity (Wildman–Crippen MR) is 138 cm³/mol. The van der Waals surface area contributed by atoms with Crippen molar-refractivity contribution in [1.29, 1.82) is 0 Å². The maximum Gasteiger partial charge on any atom is 0.415 e. The number of piperazine rings is 1. The molecule has 0 bridgehead atoms. The van der Waals surface area contributed by atoms with Crippen LogP contribution in [0.2, 0.25) is 0 Å². The van der Waals surface area contributed by atoms with E-state index in [2.05, 4.69) is 33.9 Å². The summed E-state index contributed by atoms with van der Waals surface area (Å²) < 4.78 is 13.3. The quantitative estimate of drug-likeness (QED) is 0.427. The Morgan fingerprint density at radius 2 is 1.75 bits per heavy atom. The second kappa shape index (κ2) is 9.58. The third kappa shape index (κ3) is 4.37. The zero-order chi connectivity index (χ0) is 25.4. The Hall–Kier alpha value is -3.98. The molecule has 2 atom stereocenters. The molecule has 0 spiro atoms. The summed E-state index contributed by atoms with van der Waals surface area (Å²) in [5.74, 6) is 0.764. The number of likely N-dealkylation sites (N-methyl/N-ethyl adjacent to an activating group) is 1. The number of carbonyl (C=O) groups is 1. The Bertz CT molecular complexity index is 1400. The molecule has 0 aliphatic carbocycles. The Morgan fingerprint density at radius 1 is 0.972 bits per heavy atom. The average molecular weight is 487 g/mol. The first kappa shape index (κ1) is 23.7. The van der Waals surface area contributed by atoms with Crippen molar-refractivity contribution in [3.63, 3.8) is 0 Å². The molecule has 1 aliphatic rings. The van der Waals surface area contributed by atoms with Gasteiger partial charge in [-0.05, 0) is 27.0 Å². The minimum Gasteiger partial charge on any atom is -0.493 e. The zero-order valence-electron chi connectivity index (χ0n) is 21.2. The lowest BCUT2D eigenvalue weighted by Crippen LogP contribution is -2.57. The van der Waals surface area contributed by atoms with E-state index in [9.17, 15) is 4.79 Å². The van der Waals surface area contributed by atoms with Crippen LogP contribution in [0.3, 0.4) is 0 Å². The van der Waals surface area contributed by atoms with Gasteiger partial charge in [0.15, 0.2) is 11.5 Å². The third-order valence-electron chi connectivity index (χ3n) is 6.78. The van der Waals surface area contributed by atoms with E-state index >= 15 is 0 Å². The Balaban J connectivity index is 1.57. The maximum absolute atomic E-state index is 13.2. The van der Waals surface area contributed by atoms with Gasteiger partial charge < -0.3 is 14.4 Å². The molecule has 1 fully saturated rings. The first-order valence-corrected chi connectivity index (χ1v) is 12.0. The molecule has 0 N–H and O–H groups in total. The van der Waals surface area contributed by atoms with Crippen LogP contribution in [0.4, 0.5) is 4.79 Å². The van der Waals surface area contributed by atoms with Crippen molar-refractivity contribution < 1.29 is 14.3 Å². The molecule has 1 aliphatic heterocycles. The van der Waals surface area contributed by atoms with Gasteiger partial charge in [0.05, 0.1) is 18.3 Å². The van der Waals surface area contributed by atoms with Crippen LogP contribution in [0.5, 0.6) is 11.5 Å². The number of fused-ring (bicyclic) bond motifs is 1. The molecule has 2 aromatic carbocycles. The molecule has 0 radical (unpaired) electrons. The first-order valence-electron chi connectivity index (χ1n) is 12.0. The largest absolute Gasteiger partial charge is 0.493 e. The Labute approximate surface area is 210 Å². The van der Waals surface area contributed by atoms with Crippen molar-refractivity contribution in [2.75, 3.05) is 27.2 Å². The number of aromatic nitrogens is 4. The molecule has 36 heavy (non-hydrogen) atoms. The summed E-state index contributed by atoms with van der Waals surface area (Å²) in [6.07, 6.45) is 3.07. The molecule has 4 aromatic rings. The lowest BCUT2D eigenvalue weighted by atomic mass is 10.0. The average Bonchev–Trinajstić information content (AvgIpc) is 3.27. The fourth-order valence-electron chi connectivity index (χ4n) is 4.70. The van der Waals surface area contributed by atoms with Crippen molar-refractivity contribution in [3.05, 3.63) is 55.0 Å². The monoisotopic (exact) mass is 486 g/mol. The minimum absolute atomic E-state index is 0.0351. The fraction of sp³-hybridized carbons (Fsp3) is 0.333. The summed E-state index contributed by atoms with van der Waals surface area (Å²) in [5, 5.41) is 5.43. The highest BCUT2D eigenvalue weighted by molar-refractivity contribution is 5.97. The number of methoxy groups -OCH3 is 1. The van der Waals surface area contributed by atoms with Gasteiger partial charge in [0, 0.05) is 61.0 Å². The lowest BCUT2D eigenvalue weighted by molar-refractivity contribution is 0.0607. The molecule has 0 unspecified atom stereocenters. The summed E-state index contributed by atoms with van der Waals surface area (Å²) >= 11 is 0.